The van der Waals surface area contributed by atoms with Crippen LogP contribution in [0, 0.1) is 5.92 Å². The van der Waals surface area contributed by atoms with Crippen molar-refractivity contribution in [2.45, 2.75) is 51.7 Å². The van der Waals surface area contributed by atoms with E-state index in [1.54, 1.807) is 0 Å². The lowest BCUT2D eigenvalue weighted by molar-refractivity contribution is -0.120. The zero-order valence-electron chi connectivity index (χ0n) is 17.2. The van der Waals surface area contributed by atoms with Crippen LogP contribution in [0.15, 0.2) is 30.6 Å². The van der Waals surface area contributed by atoms with E-state index < -0.39 is 0 Å². The maximum absolute atomic E-state index is 11.0. The Morgan fingerprint density at radius 3 is 2.80 bits per heavy atom. The van der Waals surface area contributed by atoms with Crippen molar-refractivity contribution < 1.29 is 14.3 Å². The van der Waals surface area contributed by atoms with Gasteiger partial charge in [-0.3, -0.25) is 4.79 Å². The van der Waals surface area contributed by atoms with Gasteiger partial charge >= 0.3 is 0 Å². The largest absolute Gasteiger partial charge is 0.476 e. The Labute approximate surface area is 187 Å². The van der Waals surface area contributed by atoms with Crippen LogP contribution in [0.2, 0.25) is 10.0 Å². The molecule has 1 aliphatic carbocycles. The predicted octanol–water partition coefficient (Wildman–Crippen LogP) is 4.27. The van der Waals surface area contributed by atoms with Crippen LogP contribution in [-0.4, -0.2) is 41.2 Å². The summed E-state index contributed by atoms with van der Waals surface area (Å²) in [6.45, 7) is 4.51. The molecule has 1 saturated carbocycles. The number of nitrogens with zero attached hydrogens (tertiary/aromatic N) is 2. The summed E-state index contributed by atoms with van der Waals surface area (Å²) in [5.41, 5.74) is 1.90. The number of carbonyl (C=O) groups excluding carboxylic acids is 1. The minimum absolute atomic E-state index is 0.0166. The van der Waals surface area contributed by atoms with Crippen LogP contribution in [0.1, 0.15) is 37.9 Å². The highest BCUT2D eigenvalue weighted by Gasteiger charge is 2.31. The first-order valence-corrected chi connectivity index (χ1v) is 10.9. The van der Waals surface area contributed by atoms with Crippen LogP contribution in [0.25, 0.3) is 0 Å². The van der Waals surface area contributed by atoms with Crippen LogP contribution in [0.4, 0.5) is 0 Å². The predicted molar refractivity (Wildman–Crippen MR) is 117 cm³/mol. The van der Waals surface area contributed by atoms with E-state index in [2.05, 4.69) is 15.3 Å². The van der Waals surface area contributed by atoms with Gasteiger partial charge in [-0.2, -0.15) is 0 Å². The first-order chi connectivity index (χ1) is 14.4. The fraction of sp³-hybridized carbons (Fsp3) is 0.500. The van der Waals surface area contributed by atoms with Gasteiger partial charge in [0, 0.05) is 18.0 Å². The molecule has 1 atom stereocenters. The van der Waals surface area contributed by atoms with Crippen molar-refractivity contribution in [2.24, 2.45) is 5.92 Å². The molecule has 1 aromatic heterocycles. The molecule has 3 rings (SSSR count). The van der Waals surface area contributed by atoms with Gasteiger partial charge in [-0.1, -0.05) is 35.3 Å². The minimum Gasteiger partial charge on any atom is -0.476 e. The molecular weight excluding hydrogens is 425 g/mol. The van der Waals surface area contributed by atoms with E-state index in [-0.39, 0.29) is 18.1 Å². The Kier molecular flexibility index (Phi) is 8.31. The number of halogens is 2. The Balaban J connectivity index is 1.41. The monoisotopic (exact) mass is 451 g/mol. The first-order valence-electron chi connectivity index (χ1n) is 10.2. The van der Waals surface area contributed by atoms with Crippen molar-refractivity contribution in [2.75, 3.05) is 13.2 Å². The summed E-state index contributed by atoms with van der Waals surface area (Å²) in [7, 11) is 0. The molecule has 2 aromatic rings. The van der Waals surface area contributed by atoms with Crippen molar-refractivity contribution in [3.8, 4) is 5.88 Å². The third-order valence-corrected chi connectivity index (χ3v) is 5.66. The van der Waals surface area contributed by atoms with Gasteiger partial charge in [0.05, 0.1) is 25.0 Å². The molecule has 30 heavy (non-hydrogen) atoms. The maximum Gasteiger partial charge on any atom is 0.235 e. The van der Waals surface area contributed by atoms with Crippen molar-refractivity contribution in [1.29, 1.82) is 0 Å². The van der Waals surface area contributed by atoms with E-state index in [1.165, 1.54) is 13.3 Å². The number of nitrogens with one attached hydrogen (secondary N) is 1. The molecule has 0 spiro atoms. The average Bonchev–Trinajstić information content (AvgIpc) is 2.66. The summed E-state index contributed by atoms with van der Waals surface area (Å²) in [5.74, 6) is 0.795. The highest BCUT2D eigenvalue weighted by molar-refractivity contribution is 6.32. The van der Waals surface area contributed by atoms with Gasteiger partial charge in [0.25, 0.3) is 0 Å². The van der Waals surface area contributed by atoms with Crippen molar-refractivity contribution >= 4 is 29.1 Å². The van der Waals surface area contributed by atoms with Crippen LogP contribution >= 0.6 is 23.2 Å². The third kappa shape index (κ3) is 6.83. The summed E-state index contributed by atoms with van der Waals surface area (Å²) in [6.07, 6.45) is 5.03. The second-order valence-electron chi connectivity index (χ2n) is 7.77. The molecular formula is C22H27Cl2N3O3. The number of hydrogen-bond acceptors (Lipinski definition) is 5. The van der Waals surface area contributed by atoms with Crippen LogP contribution in [0.3, 0.4) is 0 Å². The second kappa shape index (κ2) is 10.9. The molecule has 0 bridgehead atoms. The summed E-state index contributed by atoms with van der Waals surface area (Å²) in [6, 6.07) is 7.78. The summed E-state index contributed by atoms with van der Waals surface area (Å²) in [4.78, 5) is 19.5. The Bertz CT molecular complexity index is 859. The molecule has 1 N–H and O–H groups in total. The van der Waals surface area contributed by atoms with Crippen molar-refractivity contribution in [1.82, 2.24) is 15.3 Å². The van der Waals surface area contributed by atoms with Gasteiger partial charge in [-0.05, 0) is 56.2 Å². The maximum atomic E-state index is 11.0. The fourth-order valence-electron chi connectivity index (χ4n) is 3.43. The molecule has 0 aliphatic heterocycles. The zero-order valence-corrected chi connectivity index (χ0v) is 18.7. The topological polar surface area (TPSA) is 73.3 Å². The number of aromatic nitrogens is 2. The van der Waals surface area contributed by atoms with E-state index >= 15 is 0 Å². The lowest BCUT2D eigenvalue weighted by Crippen LogP contribution is -2.40. The molecule has 1 aromatic carbocycles. The van der Waals surface area contributed by atoms with E-state index in [1.807, 2.05) is 31.2 Å². The zero-order chi connectivity index (χ0) is 21.5. The lowest BCUT2D eigenvalue weighted by Gasteiger charge is -2.35. The Morgan fingerprint density at radius 1 is 1.27 bits per heavy atom. The normalized spacial score (nSPS) is 19.1. The number of ether oxygens (including phenoxy) is 2. The Morgan fingerprint density at radius 2 is 2.07 bits per heavy atom. The van der Waals surface area contributed by atoms with E-state index in [4.69, 9.17) is 32.7 Å². The minimum atomic E-state index is -0.0420. The number of carbonyl (C=O) groups is 1. The van der Waals surface area contributed by atoms with Gasteiger partial charge in [0.15, 0.2) is 0 Å². The summed E-state index contributed by atoms with van der Waals surface area (Å²) in [5, 5.41) is 4.00. The molecule has 0 unspecified atom stereocenters. The highest BCUT2D eigenvalue weighted by atomic mass is 35.5. The van der Waals surface area contributed by atoms with Crippen LogP contribution in [-0.2, 0) is 22.4 Å². The fourth-order valence-corrected chi connectivity index (χ4v) is 3.89. The Hall–Kier alpha value is -1.89. The quantitative estimate of drug-likeness (QED) is 0.583. The van der Waals surface area contributed by atoms with Crippen molar-refractivity contribution in [3.05, 3.63) is 51.9 Å². The molecule has 1 fully saturated rings. The molecule has 0 saturated heterocycles. The number of hydrogen-bond donors (Lipinski definition) is 1. The molecule has 0 radical (unpaired) electrons. The van der Waals surface area contributed by atoms with Gasteiger partial charge in [0.1, 0.15) is 11.3 Å². The lowest BCUT2D eigenvalue weighted by atomic mass is 9.83. The molecule has 162 valence electrons. The molecule has 8 heteroatoms. The number of aryl methyl sites for hydroxylation is 2. The van der Waals surface area contributed by atoms with Gasteiger partial charge in [-0.15, -0.1) is 0 Å². The van der Waals surface area contributed by atoms with E-state index in [0.717, 1.165) is 35.5 Å². The van der Waals surface area contributed by atoms with Crippen LogP contribution < -0.4 is 10.1 Å². The van der Waals surface area contributed by atoms with Crippen LogP contribution in [0.5, 0.6) is 5.88 Å². The second-order valence-corrected chi connectivity index (χ2v) is 8.59. The van der Waals surface area contributed by atoms with E-state index in [0.29, 0.717) is 36.5 Å². The summed E-state index contributed by atoms with van der Waals surface area (Å²) >= 11 is 12.5. The van der Waals surface area contributed by atoms with Gasteiger partial charge in [0.2, 0.25) is 11.8 Å². The molecule has 1 amide bonds. The summed E-state index contributed by atoms with van der Waals surface area (Å²) < 4.78 is 11.7. The number of benzene rings is 1. The number of rotatable bonds is 10. The highest BCUT2D eigenvalue weighted by Crippen LogP contribution is 2.32. The average molecular weight is 452 g/mol. The third-order valence-electron chi connectivity index (χ3n) is 5.05. The SMILES string of the molecule is CC(=O)N[C@@H](C)COC1CC(COc2ncnc(CCc3cccc(Cl)c3)c2Cl)C1. The van der Waals surface area contributed by atoms with Crippen molar-refractivity contribution in [3.63, 3.8) is 0 Å². The molecule has 1 aliphatic rings. The van der Waals surface area contributed by atoms with E-state index in [9.17, 15) is 4.79 Å². The van der Waals surface area contributed by atoms with Gasteiger partial charge < -0.3 is 14.8 Å². The molecule has 1 heterocycles. The smallest absolute Gasteiger partial charge is 0.235 e. The first kappa shape index (κ1) is 22.8. The molecule has 6 nitrogen and oxygen atoms in total. The van der Waals surface area contributed by atoms with Gasteiger partial charge in [-0.25, -0.2) is 9.97 Å². The standard InChI is InChI=1S/C22H27Cl2N3O3/c1-14(27-15(2)28)11-29-19-9-17(10-19)12-30-22-21(24)20(25-13-26-22)7-6-16-4-3-5-18(23)8-16/h3-5,8,13-14,17,19H,6-7,9-12H2,1-2H3,(H,27,28)/t14-,17?,19?/m0/s1. The number of amides is 1.